The van der Waals surface area contributed by atoms with Crippen LogP contribution in [-0.2, 0) is 0 Å². The Hall–Kier alpha value is -2.21. The molecule has 0 fully saturated rings. The lowest BCUT2D eigenvalue weighted by molar-refractivity contribution is 0.304. The van der Waals surface area contributed by atoms with Gasteiger partial charge in [0.1, 0.15) is 12.1 Å². The van der Waals surface area contributed by atoms with Gasteiger partial charge in [-0.1, -0.05) is 55.7 Å². The van der Waals surface area contributed by atoms with Gasteiger partial charge in [-0.15, -0.1) is 0 Å². The molecule has 0 aliphatic heterocycles. The second kappa shape index (κ2) is 7.37. The monoisotopic (exact) mass is 329 g/mol. The van der Waals surface area contributed by atoms with Crippen molar-refractivity contribution in [1.29, 1.82) is 0 Å². The topological polar surface area (TPSA) is 56.5 Å². The number of rotatable bonds is 7. The molecule has 0 unspecified atom stereocenters. The molecule has 0 saturated heterocycles. The Morgan fingerprint density at radius 3 is 2.96 bits per heavy atom. The summed E-state index contributed by atoms with van der Waals surface area (Å²) in [7, 11) is 0. The van der Waals surface area contributed by atoms with Crippen LogP contribution in [0.3, 0.4) is 0 Å². The van der Waals surface area contributed by atoms with E-state index in [1.807, 2.05) is 30.3 Å². The molecule has 0 spiro atoms. The van der Waals surface area contributed by atoms with Gasteiger partial charge in [-0.3, -0.25) is 4.79 Å². The summed E-state index contributed by atoms with van der Waals surface area (Å²) in [6.07, 6.45) is 7.92. The SMILES string of the molecule is CCCCCCOc1ccccc1C=c1sc2ncnn2c1=O. The van der Waals surface area contributed by atoms with Gasteiger partial charge in [-0.2, -0.15) is 9.61 Å². The zero-order valence-corrected chi connectivity index (χ0v) is 13.9. The van der Waals surface area contributed by atoms with Crippen LogP contribution in [0.15, 0.2) is 35.4 Å². The number of ether oxygens (including phenoxy) is 1. The molecule has 23 heavy (non-hydrogen) atoms. The van der Waals surface area contributed by atoms with E-state index < -0.39 is 0 Å². The first kappa shape index (κ1) is 15.7. The van der Waals surface area contributed by atoms with Gasteiger partial charge >= 0.3 is 0 Å². The van der Waals surface area contributed by atoms with Crippen LogP contribution in [0, 0.1) is 0 Å². The van der Waals surface area contributed by atoms with Gasteiger partial charge in [-0.05, 0) is 18.6 Å². The number of benzene rings is 1. The van der Waals surface area contributed by atoms with E-state index in [-0.39, 0.29) is 5.56 Å². The molecule has 0 atom stereocenters. The first-order valence-electron chi connectivity index (χ1n) is 7.85. The molecule has 0 aliphatic carbocycles. The zero-order chi connectivity index (χ0) is 16.1. The van der Waals surface area contributed by atoms with E-state index in [1.54, 1.807) is 0 Å². The average Bonchev–Trinajstić information content (AvgIpc) is 3.13. The van der Waals surface area contributed by atoms with Crippen molar-refractivity contribution in [1.82, 2.24) is 14.6 Å². The average molecular weight is 329 g/mol. The van der Waals surface area contributed by atoms with Crippen molar-refractivity contribution in [3.63, 3.8) is 0 Å². The Kier molecular flexibility index (Phi) is 5.02. The number of hydrogen-bond acceptors (Lipinski definition) is 5. The van der Waals surface area contributed by atoms with Crippen molar-refractivity contribution in [2.45, 2.75) is 32.6 Å². The van der Waals surface area contributed by atoms with Gasteiger partial charge in [-0.25, -0.2) is 4.98 Å². The molecule has 3 rings (SSSR count). The lowest BCUT2D eigenvalue weighted by Gasteiger charge is -2.08. The summed E-state index contributed by atoms with van der Waals surface area (Å²) in [5.41, 5.74) is 0.768. The van der Waals surface area contributed by atoms with Crippen LogP contribution in [0.2, 0.25) is 0 Å². The fourth-order valence-corrected chi connectivity index (χ4v) is 3.23. The van der Waals surface area contributed by atoms with E-state index in [1.165, 1.54) is 41.4 Å². The molecule has 1 aromatic carbocycles. The maximum atomic E-state index is 12.2. The molecule has 5 nitrogen and oxygen atoms in total. The molecule has 0 saturated carbocycles. The molecule has 0 radical (unpaired) electrons. The van der Waals surface area contributed by atoms with E-state index in [9.17, 15) is 4.79 Å². The standard InChI is InChI=1S/C17H19N3O2S/c1-2-3-4-7-10-22-14-9-6-5-8-13(14)11-15-16(21)20-17(23-15)18-12-19-20/h5-6,8-9,11-12H,2-4,7,10H2,1H3. The van der Waals surface area contributed by atoms with E-state index >= 15 is 0 Å². The largest absolute Gasteiger partial charge is 0.493 e. The number of unbranched alkanes of at least 4 members (excludes halogenated alkanes) is 3. The van der Waals surface area contributed by atoms with Gasteiger partial charge in [0.05, 0.1) is 11.1 Å². The first-order valence-corrected chi connectivity index (χ1v) is 8.67. The van der Waals surface area contributed by atoms with Crippen LogP contribution in [-0.4, -0.2) is 21.2 Å². The highest BCUT2D eigenvalue weighted by Gasteiger charge is 2.07. The molecule has 120 valence electrons. The molecule has 3 aromatic rings. The van der Waals surface area contributed by atoms with E-state index in [2.05, 4.69) is 17.0 Å². The third-order valence-electron chi connectivity index (χ3n) is 3.58. The van der Waals surface area contributed by atoms with Crippen LogP contribution in [0.25, 0.3) is 11.0 Å². The second-order valence-electron chi connectivity index (χ2n) is 5.32. The second-order valence-corrected chi connectivity index (χ2v) is 6.33. The van der Waals surface area contributed by atoms with Gasteiger partial charge in [0.2, 0.25) is 4.96 Å². The highest BCUT2D eigenvalue weighted by Crippen LogP contribution is 2.19. The number of para-hydroxylation sites is 1. The maximum absolute atomic E-state index is 12.2. The molecule has 0 aliphatic rings. The molecule has 0 bridgehead atoms. The minimum absolute atomic E-state index is 0.139. The van der Waals surface area contributed by atoms with E-state index in [4.69, 9.17) is 4.74 Å². The number of aromatic nitrogens is 3. The molecule has 2 aromatic heterocycles. The van der Waals surface area contributed by atoms with Crippen LogP contribution in [0.5, 0.6) is 5.75 Å². The van der Waals surface area contributed by atoms with Crippen molar-refractivity contribution >= 4 is 22.4 Å². The molecule has 6 heteroatoms. The van der Waals surface area contributed by atoms with Crippen molar-refractivity contribution in [2.24, 2.45) is 0 Å². The Bertz CT molecular complexity index is 885. The fraction of sp³-hybridized carbons (Fsp3) is 0.353. The normalized spacial score (nSPS) is 12.1. The van der Waals surface area contributed by atoms with Crippen molar-refractivity contribution < 1.29 is 4.74 Å². The zero-order valence-electron chi connectivity index (χ0n) is 13.1. The highest BCUT2D eigenvalue weighted by atomic mass is 32.1. The van der Waals surface area contributed by atoms with Crippen LogP contribution >= 0.6 is 11.3 Å². The third-order valence-corrected chi connectivity index (χ3v) is 4.56. The van der Waals surface area contributed by atoms with Crippen molar-refractivity contribution in [2.75, 3.05) is 6.61 Å². The number of fused-ring (bicyclic) bond motifs is 1. The number of thiazole rings is 1. The molecular formula is C17H19N3O2S. The summed E-state index contributed by atoms with van der Waals surface area (Å²) in [5, 5.41) is 3.93. The Labute approximate surface area is 138 Å². The van der Waals surface area contributed by atoms with Crippen LogP contribution in [0.1, 0.15) is 38.2 Å². The van der Waals surface area contributed by atoms with Gasteiger partial charge in [0.25, 0.3) is 5.56 Å². The summed E-state index contributed by atoms with van der Waals surface area (Å²) in [4.78, 5) is 16.9. The quantitative estimate of drug-likeness (QED) is 0.625. The lowest BCUT2D eigenvalue weighted by atomic mass is 10.2. The van der Waals surface area contributed by atoms with Crippen LogP contribution < -0.4 is 14.8 Å². The summed E-state index contributed by atoms with van der Waals surface area (Å²) in [5.74, 6) is 0.808. The molecule has 0 amide bonds. The summed E-state index contributed by atoms with van der Waals surface area (Å²) in [6, 6.07) is 7.78. The minimum Gasteiger partial charge on any atom is -0.493 e. The smallest absolute Gasteiger partial charge is 0.291 e. The van der Waals surface area contributed by atoms with Gasteiger partial charge < -0.3 is 4.74 Å². The Balaban J connectivity index is 1.82. The van der Waals surface area contributed by atoms with E-state index in [0.717, 1.165) is 17.7 Å². The predicted molar refractivity (Wildman–Crippen MR) is 92.0 cm³/mol. The molecule has 2 heterocycles. The fourth-order valence-electron chi connectivity index (χ4n) is 2.36. The number of hydrogen-bond donors (Lipinski definition) is 0. The first-order chi connectivity index (χ1) is 11.3. The minimum atomic E-state index is -0.139. The number of nitrogens with zero attached hydrogens (tertiary/aromatic N) is 3. The van der Waals surface area contributed by atoms with Gasteiger partial charge in [0, 0.05) is 5.56 Å². The maximum Gasteiger partial charge on any atom is 0.291 e. The van der Waals surface area contributed by atoms with Crippen LogP contribution in [0.4, 0.5) is 0 Å². The lowest BCUT2D eigenvalue weighted by Crippen LogP contribution is -2.23. The van der Waals surface area contributed by atoms with E-state index in [0.29, 0.717) is 16.1 Å². The summed E-state index contributed by atoms with van der Waals surface area (Å²) >= 11 is 1.33. The Morgan fingerprint density at radius 1 is 1.26 bits per heavy atom. The summed E-state index contributed by atoms with van der Waals surface area (Å²) < 4.78 is 7.82. The molecule has 0 N–H and O–H groups in total. The predicted octanol–water partition coefficient (Wildman–Crippen LogP) is 2.66. The van der Waals surface area contributed by atoms with Crippen molar-refractivity contribution in [3.05, 3.63) is 51.0 Å². The van der Waals surface area contributed by atoms with Gasteiger partial charge in [0.15, 0.2) is 0 Å². The molecular weight excluding hydrogens is 310 g/mol. The third kappa shape index (κ3) is 3.59. The van der Waals surface area contributed by atoms with Crippen molar-refractivity contribution in [3.8, 4) is 5.75 Å². The highest BCUT2D eigenvalue weighted by molar-refractivity contribution is 7.15. The summed E-state index contributed by atoms with van der Waals surface area (Å²) in [6.45, 7) is 2.89. The Morgan fingerprint density at radius 2 is 2.13 bits per heavy atom.